The first-order valence-corrected chi connectivity index (χ1v) is 10.4. The summed E-state index contributed by atoms with van der Waals surface area (Å²) in [6.45, 7) is 4.48. The lowest BCUT2D eigenvalue weighted by Gasteiger charge is -2.16. The van der Waals surface area contributed by atoms with Crippen LogP contribution in [0.15, 0.2) is 60.9 Å². The lowest BCUT2D eigenvalue weighted by molar-refractivity contribution is 0.596. The molecule has 1 unspecified atom stereocenters. The highest BCUT2D eigenvalue weighted by molar-refractivity contribution is 6.33. The molecule has 148 valence electrons. The molecule has 2 aromatic heterocycles. The molecule has 0 aliphatic heterocycles. The third-order valence-corrected chi connectivity index (χ3v) is 5.46. The molecule has 0 bridgehead atoms. The van der Waals surface area contributed by atoms with Gasteiger partial charge in [-0.15, -0.1) is 0 Å². The summed E-state index contributed by atoms with van der Waals surface area (Å²) in [7, 11) is 0. The minimum absolute atomic E-state index is 0.343. The number of benzene rings is 2. The van der Waals surface area contributed by atoms with Crippen molar-refractivity contribution in [2.75, 3.05) is 5.32 Å². The minimum Gasteiger partial charge on any atom is -0.325 e. The smallest absolute Gasteiger partial charge is 0.214 e. The van der Waals surface area contributed by atoms with Crippen molar-refractivity contribution in [1.82, 2.24) is 19.5 Å². The average molecular weight is 406 g/mol. The van der Waals surface area contributed by atoms with E-state index in [1.807, 2.05) is 34.9 Å². The summed E-state index contributed by atoms with van der Waals surface area (Å²) in [6.07, 6.45) is 5.00. The molecule has 1 atom stereocenters. The van der Waals surface area contributed by atoms with Gasteiger partial charge in [0.15, 0.2) is 10.8 Å². The second kappa shape index (κ2) is 8.62. The molecule has 0 spiro atoms. The molecule has 0 aliphatic rings. The molecule has 0 saturated carbocycles. The fourth-order valence-electron chi connectivity index (χ4n) is 3.69. The number of imidazole rings is 1. The van der Waals surface area contributed by atoms with Crippen LogP contribution in [0.4, 0.5) is 11.6 Å². The number of para-hydroxylation sites is 1. The third-order valence-electron chi connectivity index (χ3n) is 5.18. The van der Waals surface area contributed by atoms with E-state index in [1.54, 1.807) is 0 Å². The second-order valence-electron chi connectivity index (χ2n) is 7.08. The monoisotopic (exact) mass is 405 g/mol. The summed E-state index contributed by atoms with van der Waals surface area (Å²) in [5, 5.41) is 3.72. The number of hydrogen-bond acceptors (Lipinski definition) is 4. The van der Waals surface area contributed by atoms with E-state index in [-0.39, 0.29) is 0 Å². The molecule has 29 heavy (non-hydrogen) atoms. The van der Waals surface area contributed by atoms with Gasteiger partial charge in [-0.3, -0.25) is 4.57 Å². The molecular weight excluding hydrogens is 382 g/mol. The number of halogens is 1. The van der Waals surface area contributed by atoms with Crippen LogP contribution in [-0.4, -0.2) is 19.5 Å². The van der Waals surface area contributed by atoms with E-state index in [0.29, 0.717) is 28.2 Å². The zero-order valence-electron chi connectivity index (χ0n) is 16.6. The molecule has 2 heterocycles. The lowest BCUT2D eigenvalue weighted by atomic mass is 9.92. The first kappa shape index (κ1) is 19.4. The first-order valence-electron chi connectivity index (χ1n) is 10.0. The predicted molar refractivity (Wildman–Crippen MR) is 119 cm³/mol. The molecule has 1 N–H and O–H groups in total. The number of rotatable bonds is 7. The molecule has 0 fully saturated rings. The van der Waals surface area contributed by atoms with Crippen LogP contribution in [0.25, 0.3) is 16.9 Å². The topological polar surface area (TPSA) is 55.6 Å². The van der Waals surface area contributed by atoms with Crippen LogP contribution in [0.3, 0.4) is 0 Å². The van der Waals surface area contributed by atoms with E-state index >= 15 is 0 Å². The first-order chi connectivity index (χ1) is 14.2. The van der Waals surface area contributed by atoms with Crippen LogP contribution in [0.1, 0.15) is 44.6 Å². The van der Waals surface area contributed by atoms with Crippen LogP contribution < -0.4 is 5.32 Å². The number of anilines is 2. The van der Waals surface area contributed by atoms with Crippen molar-refractivity contribution >= 4 is 34.4 Å². The number of aromatic nitrogens is 4. The van der Waals surface area contributed by atoms with Crippen molar-refractivity contribution < 1.29 is 0 Å². The summed E-state index contributed by atoms with van der Waals surface area (Å²) >= 11 is 6.30. The van der Waals surface area contributed by atoms with Gasteiger partial charge in [-0.25, -0.2) is 15.0 Å². The standard InChI is InChI=1S/C23H24ClN5/c1-3-8-16(4-2)17-11-13-19(14-12-17)29-22-20(21(24)25-15-26-22)28-23(29)27-18-9-6-5-7-10-18/h5-7,9-16H,3-4,8H2,1-2H3,(H,27,28). The Labute approximate surface area is 175 Å². The van der Waals surface area contributed by atoms with Crippen molar-refractivity contribution in [2.24, 2.45) is 0 Å². The van der Waals surface area contributed by atoms with E-state index in [2.05, 4.69) is 58.4 Å². The largest absolute Gasteiger partial charge is 0.325 e. The summed E-state index contributed by atoms with van der Waals surface area (Å²) in [6, 6.07) is 18.6. The Balaban J connectivity index is 1.79. The highest BCUT2D eigenvalue weighted by atomic mass is 35.5. The van der Waals surface area contributed by atoms with Gasteiger partial charge in [-0.1, -0.05) is 62.2 Å². The van der Waals surface area contributed by atoms with Gasteiger partial charge in [-0.2, -0.15) is 0 Å². The molecule has 4 aromatic rings. The molecule has 5 nitrogen and oxygen atoms in total. The summed E-state index contributed by atoms with van der Waals surface area (Å²) in [5.41, 5.74) is 4.55. The minimum atomic E-state index is 0.343. The van der Waals surface area contributed by atoms with Crippen molar-refractivity contribution in [3.63, 3.8) is 0 Å². The summed E-state index contributed by atoms with van der Waals surface area (Å²) in [4.78, 5) is 13.2. The number of hydrogen-bond donors (Lipinski definition) is 1. The van der Waals surface area contributed by atoms with Gasteiger partial charge in [-0.05, 0) is 48.6 Å². The number of nitrogens with zero attached hydrogens (tertiary/aromatic N) is 4. The van der Waals surface area contributed by atoms with Gasteiger partial charge < -0.3 is 5.32 Å². The summed E-state index contributed by atoms with van der Waals surface area (Å²) in [5.74, 6) is 1.24. The second-order valence-corrected chi connectivity index (χ2v) is 7.44. The van der Waals surface area contributed by atoms with E-state index in [4.69, 9.17) is 11.6 Å². The van der Waals surface area contributed by atoms with Gasteiger partial charge in [0.05, 0.1) is 5.69 Å². The quantitative estimate of drug-likeness (QED) is 0.356. The van der Waals surface area contributed by atoms with Gasteiger partial charge in [0.1, 0.15) is 11.8 Å². The highest BCUT2D eigenvalue weighted by Crippen LogP contribution is 2.30. The molecule has 6 heteroatoms. The number of nitrogens with one attached hydrogen (secondary N) is 1. The third kappa shape index (κ3) is 3.96. The van der Waals surface area contributed by atoms with Crippen molar-refractivity contribution in [3.8, 4) is 5.69 Å². The Morgan fingerprint density at radius 1 is 1.00 bits per heavy atom. The maximum Gasteiger partial charge on any atom is 0.214 e. The zero-order valence-corrected chi connectivity index (χ0v) is 17.4. The molecule has 0 aliphatic carbocycles. The maximum atomic E-state index is 6.30. The van der Waals surface area contributed by atoms with E-state index < -0.39 is 0 Å². The van der Waals surface area contributed by atoms with E-state index in [1.165, 1.54) is 24.7 Å². The van der Waals surface area contributed by atoms with Crippen molar-refractivity contribution in [1.29, 1.82) is 0 Å². The molecule has 2 aromatic carbocycles. The highest BCUT2D eigenvalue weighted by Gasteiger charge is 2.17. The fraction of sp³-hybridized carbons (Fsp3) is 0.261. The normalized spacial score (nSPS) is 12.2. The predicted octanol–water partition coefficient (Wildman–Crippen LogP) is 6.51. The van der Waals surface area contributed by atoms with Gasteiger partial charge in [0.25, 0.3) is 0 Å². The molecule has 4 rings (SSSR count). The van der Waals surface area contributed by atoms with E-state index in [0.717, 1.165) is 17.8 Å². The SMILES string of the molecule is CCCC(CC)c1ccc(-n2c(Nc3ccccc3)nc3c(Cl)ncnc32)cc1. The fourth-order valence-corrected chi connectivity index (χ4v) is 3.86. The van der Waals surface area contributed by atoms with Crippen LogP contribution in [0.5, 0.6) is 0 Å². The molecule has 0 amide bonds. The van der Waals surface area contributed by atoms with Gasteiger partial charge in [0.2, 0.25) is 5.95 Å². The van der Waals surface area contributed by atoms with Crippen molar-refractivity contribution in [2.45, 2.75) is 39.0 Å². The van der Waals surface area contributed by atoms with Gasteiger partial charge in [0, 0.05) is 5.69 Å². The average Bonchev–Trinajstić information content (AvgIpc) is 3.12. The Morgan fingerprint density at radius 2 is 1.76 bits per heavy atom. The summed E-state index contributed by atoms with van der Waals surface area (Å²) < 4.78 is 1.99. The van der Waals surface area contributed by atoms with Crippen LogP contribution in [-0.2, 0) is 0 Å². The Morgan fingerprint density at radius 3 is 2.45 bits per heavy atom. The number of fused-ring (bicyclic) bond motifs is 1. The van der Waals surface area contributed by atoms with Crippen LogP contribution in [0.2, 0.25) is 5.15 Å². The van der Waals surface area contributed by atoms with Gasteiger partial charge >= 0.3 is 0 Å². The lowest BCUT2D eigenvalue weighted by Crippen LogP contribution is -2.03. The van der Waals surface area contributed by atoms with Crippen molar-refractivity contribution in [3.05, 3.63) is 71.6 Å². The maximum absolute atomic E-state index is 6.30. The zero-order chi connectivity index (χ0) is 20.2. The molecule has 0 saturated heterocycles. The Bertz CT molecular complexity index is 1090. The molecular formula is C23H24ClN5. The van der Waals surface area contributed by atoms with Crippen LogP contribution >= 0.6 is 11.6 Å². The van der Waals surface area contributed by atoms with E-state index in [9.17, 15) is 0 Å². The van der Waals surface area contributed by atoms with Crippen LogP contribution in [0, 0.1) is 0 Å². The Hall–Kier alpha value is -2.92. The Kier molecular flexibility index (Phi) is 5.76. The molecule has 0 radical (unpaired) electrons.